The summed E-state index contributed by atoms with van der Waals surface area (Å²) >= 11 is 0. The first-order valence-electron chi connectivity index (χ1n) is 22.1. The average Bonchev–Trinajstić information content (AvgIpc) is 3.58. The predicted octanol–water partition coefficient (Wildman–Crippen LogP) is 6.22. The second-order valence-electron chi connectivity index (χ2n) is 16.1. The molecule has 0 heterocycles. The minimum atomic E-state index is -0.753. The summed E-state index contributed by atoms with van der Waals surface area (Å²) < 4.78 is 0. The van der Waals surface area contributed by atoms with Gasteiger partial charge in [0.1, 0.15) is 0 Å². The lowest BCUT2D eigenvalue weighted by Crippen LogP contribution is -2.21. The van der Waals surface area contributed by atoms with E-state index in [1.54, 1.807) is 12.2 Å². The Morgan fingerprint density at radius 3 is 1.21 bits per heavy atom. The quantitative estimate of drug-likeness (QED) is 0.0299. The van der Waals surface area contributed by atoms with Crippen molar-refractivity contribution in [2.24, 2.45) is 35.1 Å². The second kappa shape index (κ2) is 35.1. The fourth-order valence-corrected chi connectivity index (χ4v) is 7.77. The Balaban J connectivity index is 0.000000942. The summed E-state index contributed by atoms with van der Waals surface area (Å²) in [5, 5.41) is 78.1. The highest BCUT2D eigenvalue weighted by atomic mass is 16.4. The Bertz CT molecular complexity index is 936. The van der Waals surface area contributed by atoms with Gasteiger partial charge in [-0.25, -0.2) is 0 Å². The van der Waals surface area contributed by atoms with Crippen molar-refractivity contribution in [2.45, 2.75) is 205 Å². The lowest BCUT2D eigenvalue weighted by molar-refractivity contribution is -0.138. The van der Waals surface area contributed by atoms with Crippen molar-refractivity contribution in [3.05, 3.63) is 24.3 Å². The van der Waals surface area contributed by atoms with Crippen LogP contribution in [0.2, 0.25) is 0 Å². The zero-order valence-corrected chi connectivity index (χ0v) is 35.0. The molecular formula is C44H84N2O10. The summed E-state index contributed by atoms with van der Waals surface area (Å²) in [5.74, 6) is -1.67. The van der Waals surface area contributed by atoms with E-state index in [9.17, 15) is 40.2 Å². The van der Waals surface area contributed by atoms with Crippen LogP contribution in [0.4, 0.5) is 0 Å². The maximum absolute atomic E-state index is 10.5. The Labute approximate surface area is 338 Å². The van der Waals surface area contributed by atoms with Gasteiger partial charge in [-0.1, -0.05) is 115 Å². The molecule has 2 aliphatic rings. The summed E-state index contributed by atoms with van der Waals surface area (Å²) in [6.45, 7) is 5.81. The fourth-order valence-electron chi connectivity index (χ4n) is 7.77. The standard InChI is InChI=1S/2C20H36O5.C4H12N2/c2*1-2-3-6-9-15(21)12-13-17-16(18(22)14-19(17)23)10-7-4-5-8-11-20(24)25;5-3-1-2-4-6/h2*12-13,15-19,21-23H,2-11,14H2,1H3,(H,24,25);1-6H2/t2*15-,16+,17+,18-,19+;/m00./s1. The van der Waals surface area contributed by atoms with Gasteiger partial charge in [0.05, 0.1) is 36.6 Å². The summed E-state index contributed by atoms with van der Waals surface area (Å²) in [7, 11) is 0. The van der Waals surface area contributed by atoms with Gasteiger partial charge in [-0.05, 0) is 76.3 Å². The highest BCUT2D eigenvalue weighted by molar-refractivity contribution is 5.66. The third kappa shape index (κ3) is 26.9. The number of aliphatic hydroxyl groups is 6. The molecule has 330 valence electrons. The molecule has 12 nitrogen and oxygen atoms in total. The van der Waals surface area contributed by atoms with Gasteiger partial charge in [-0.15, -0.1) is 0 Å². The molecule has 2 aliphatic carbocycles. The van der Waals surface area contributed by atoms with Crippen LogP contribution in [-0.2, 0) is 9.59 Å². The molecule has 12 heteroatoms. The molecule has 0 amide bonds. The second-order valence-corrected chi connectivity index (χ2v) is 16.1. The van der Waals surface area contributed by atoms with Crippen molar-refractivity contribution in [2.75, 3.05) is 13.1 Å². The number of unbranched alkanes of at least 4 members (excludes halogenated alkanes) is 11. The number of nitrogens with two attached hydrogens (primary N) is 2. The topological polar surface area (TPSA) is 248 Å². The highest BCUT2D eigenvalue weighted by Crippen LogP contribution is 2.38. The molecule has 10 atom stereocenters. The summed E-state index contributed by atoms with van der Waals surface area (Å²) in [4.78, 5) is 21.0. The van der Waals surface area contributed by atoms with Gasteiger partial charge < -0.3 is 52.3 Å². The van der Waals surface area contributed by atoms with Crippen molar-refractivity contribution in [3.63, 3.8) is 0 Å². The van der Waals surface area contributed by atoms with Crippen molar-refractivity contribution < 1.29 is 50.4 Å². The van der Waals surface area contributed by atoms with E-state index in [1.165, 1.54) is 0 Å². The van der Waals surface area contributed by atoms with Crippen molar-refractivity contribution in [1.82, 2.24) is 0 Å². The molecule has 0 spiro atoms. The van der Waals surface area contributed by atoms with Gasteiger partial charge in [-0.3, -0.25) is 9.59 Å². The molecule has 0 bridgehead atoms. The number of carbonyl (C=O) groups is 2. The van der Waals surface area contributed by atoms with Gasteiger partial charge >= 0.3 is 11.9 Å². The van der Waals surface area contributed by atoms with Crippen LogP contribution in [-0.4, -0.2) is 103 Å². The Kier molecular flexibility index (Phi) is 33.9. The van der Waals surface area contributed by atoms with Gasteiger partial charge in [0.2, 0.25) is 0 Å². The number of rotatable bonds is 29. The predicted molar refractivity (Wildman–Crippen MR) is 224 cm³/mol. The van der Waals surface area contributed by atoms with Gasteiger partial charge in [0.15, 0.2) is 0 Å². The molecule has 2 fully saturated rings. The average molecular weight is 801 g/mol. The van der Waals surface area contributed by atoms with Crippen LogP contribution in [0.5, 0.6) is 0 Å². The maximum atomic E-state index is 10.5. The third-order valence-corrected chi connectivity index (χ3v) is 11.2. The molecule has 12 N–H and O–H groups in total. The van der Waals surface area contributed by atoms with E-state index in [4.69, 9.17) is 21.7 Å². The van der Waals surface area contributed by atoms with Gasteiger partial charge in [0.25, 0.3) is 0 Å². The molecule has 56 heavy (non-hydrogen) atoms. The fraction of sp³-hybridized carbons (Fsp3) is 0.864. The highest BCUT2D eigenvalue weighted by Gasteiger charge is 2.40. The maximum Gasteiger partial charge on any atom is 0.303 e. The van der Waals surface area contributed by atoms with E-state index in [2.05, 4.69) is 13.8 Å². The van der Waals surface area contributed by atoms with Crippen LogP contribution in [0.25, 0.3) is 0 Å². The third-order valence-electron chi connectivity index (χ3n) is 11.2. The summed E-state index contributed by atoms with van der Waals surface area (Å²) in [6, 6.07) is 0. The molecule has 0 aromatic rings. The minimum absolute atomic E-state index is 0.0218. The van der Waals surface area contributed by atoms with Gasteiger partial charge in [0, 0.05) is 37.5 Å². The van der Waals surface area contributed by atoms with Crippen molar-refractivity contribution in [1.29, 1.82) is 0 Å². The van der Waals surface area contributed by atoms with Crippen LogP contribution in [0.15, 0.2) is 24.3 Å². The van der Waals surface area contributed by atoms with E-state index in [-0.39, 0.29) is 36.5 Å². The van der Waals surface area contributed by atoms with Crippen LogP contribution in [0, 0.1) is 23.7 Å². The van der Waals surface area contributed by atoms with Crippen LogP contribution in [0.3, 0.4) is 0 Å². The van der Waals surface area contributed by atoms with Crippen molar-refractivity contribution >= 4 is 11.9 Å². The Hall–Kier alpha value is -1.90. The molecule has 0 aromatic carbocycles. The summed E-state index contributed by atoms with van der Waals surface area (Å²) in [5.41, 5.74) is 10.3. The Morgan fingerprint density at radius 2 is 0.893 bits per heavy atom. The zero-order chi connectivity index (χ0) is 42.1. The number of hydrogen-bond acceptors (Lipinski definition) is 10. The molecule has 0 aliphatic heterocycles. The minimum Gasteiger partial charge on any atom is -0.481 e. The van der Waals surface area contributed by atoms with Crippen LogP contribution >= 0.6 is 0 Å². The monoisotopic (exact) mass is 801 g/mol. The smallest absolute Gasteiger partial charge is 0.303 e. The van der Waals surface area contributed by atoms with E-state index >= 15 is 0 Å². The molecule has 0 unspecified atom stereocenters. The number of aliphatic carboxylic acids is 2. The molecule has 0 saturated heterocycles. The van der Waals surface area contributed by atoms with Crippen LogP contribution in [0.1, 0.15) is 168 Å². The molecule has 2 saturated carbocycles. The number of aliphatic hydroxyl groups excluding tert-OH is 6. The molecule has 0 aromatic heterocycles. The lowest BCUT2D eigenvalue weighted by Gasteiger charge is -2.21. The molecule has 2 rings (SSSR count). The van der Waals surface area contributed by atoms with E-state index < -0.39 is 48.6 Å². The number of carboxylic acid groups (broad SMARTS) is 2. The lowest BCUT2D eigenvalue weighted by atomic mass is 9.88. The van der Waals surface area contributed by atoms with E-state index in [0.717, 1.165) is 129 Å². The summed E-state index contributed by atoms with van der Waals surface area (Å²) in [6.07, 6.45) is 24.1. The van der Waals surface area contributed by atoms with Crippen molar-refractivity contribution in [3.8, 4) is 0 Å². The number of hydrogen-bond donors (Lipinski definition) is 10. The Morgan fingerprint density at radius 1 is 0.536 bits per heavy atom. The first kappa shape index (κ1) is 54.1. The molecular weight excluding hydrogens is 716 g/mol. The van der Waals surface area contributed by atoms with Crippen LogP contribution < -0.4 is 11.5 Å². The first-order chi connectivity index (χ1) is 26.8. The SMILES string of the molecule is CCCCC[C@H](O)C=C[C@@H]1[C@@H](CCCCCCC(=O)O)[C@@H](O)C[C@H]1O.CCCCC[C@H](O)C=C[C@@H]1[C@@H](CCCCCCC(=O)O)[C@@H](O)C[C@H]1O.NCCCCN. The van der Waals surface area contributed by atoms with E-state index in [0.29, 0.717) is 25.7 Å². The largest absolute Gasteiger partial charge is 0.481 e. The van der Waals surface area contributed by atoms with E-state index in [1.807, 2.05) is 12.2 Å². The number of carboxylic acids is 2. The normalized spacial score (nSPS) is 25.8. The zero-order valence-electron chi connectivity index (χ0n) is 35.0. The molecule has 0 radical (unpaired) electrons. The van der Waals surface area contributed by atoms with Gasteiger partial charge in [-0.2, -0.15) is 0 Å². The first-order valence-corrected chi connectivity index (χ1v) is 22.1.